The van der Waals surface area contributed by atoms with E-state index >= 15 is 0 Å². The van der Waals surface area contributed by atoms with Gasteiger partial charge in [0, 0.05) is 24.6 Å². The molecule has 1 aliphatic heterocycles. The number of rotatable bonds is 5. The fraction of sp³-hybridized carbons (Fsp3) is 0.714. The Bertz CT molecular complexity index is 425. The molecule has 0 saturated heterocycles. The van der Waals surface area contributed by atoms with E-state index in [1.165, 1.54) is 7.11 Å². The van der Waals surface area contributed by atoms with Crippen molar-refractivity contribution in [2.75, 3.05) is 13.7 Å². The van der Waals surface area contributed by atoms with Crippen molar-refractivity contribution in [1.29, 1.82) is 0 Å². The van der Waals surface area contributed by atoms with Crippen LogP contribution in [-0.4, -0.2) is 45.2 Å². The van der Waals surface area contributed by atoms with Crippen molar-refractivity contribution in [2.24, 2.45) is 0 Å². The van der Waals surface area contributed by atoms with Gasteiger partial charge in [-0.25, -0.2) is 13.3 Å². The highest BCUT2D eigenvalue weighted by molar-refractivity contribution is 7.84. The molecule has 2 atom stereocenters. The van der Waals surface area contributed by atoms with Gasteiger partial charge >= 0.3 is 5.97 Å². The zero-order valence-electron chi connectivity index (χ0n) is 12.5. The first-order valence-electron chi connectivity index (χ1n) is 6.71. The molecule has 0 bridgehead atoms. The van der Waals surface area contributed by atoms with Crippen LogP contribution >= 0.6 is 0 Å². The third-order valence-electron chi connectivity index (χ3n) is 3.17. The second kappa shape index (κ2) is 7.13. The normalized spacial score (nSPS) is 22.0. The molecule has 0 aromatic rings. The molecule has 0 aromatic carbocycles. The fourth-order valence-corrected chi connectivity index (χ4v) is 3.53. The van der Waals surface area contributed by atoms with E-state index in [-0.39, 0.29) is 12.0 Å². The zero-order valence-corrected chi connectivity index (χ0v) is 13.4. The van der Waals surface area contributed by atoms with Gasteiger partial charge in [0.15, 0.2) is 0 Å². The summed E-state index contributed by atoms with van der Waals surface area (Å²) in [6.07, 6.45) is 4.40. The minimum atomic E-state index is -1.23. The SMILES string of the molecule is COC(=O)C1=CC[C@@H](CCC=O)N([S@](=O)C(C)(C)C)C1. The number of hydrogen-bond acceptors (Lipinski definition) is 4. The van der Waals surface area contributed by atoms with Gasteiger partial charge < -0.3 is 9.53 Å². The Morgan fingerprint density at radius 3 is 2.70 bits per heavy atom. The Morgan fingerprint density at radius 2 is 2.20 bits per heavy atom. The maximum absolute atomic E-state index is 12.6. The van der Waals surface area contributed by atoms with Gasteiger partial charge in [-0.2, -0.15) is 0 Å². The monoisotopic (exact) mass is 301 g/mol. The van der Waals surface area contributed by atoms with Gasteiger partial charge in [0.05, 0.1) is 11.9 Å². The lowest BCUT2D eigenvalue weighted by Gasteiger charge is -2.37. The van der Waals surface area contributed by atoms with Gasteiger partial charge in [-0.15, -0.1) is 0 Å². The van der Waals surface area contributed by atoms with Crippen molar-refractivity contribution in [3.8, 4) is 0 Å². The van der Waals surface area contributed by atoms with Crippen LogP contribution < -0.4 is 0 Å². The number of methoxy groups -OCH3 is 1. The van der Waals surface area contributed by atoms with E-state index < -0.39 is 15.7 Å². The predicted octanol–water partition coefficient (Wildman–Crippen LogP) is 1.60. The van der Waals surface area contributed by atoms with Gasteiger partial charge in [-0.1, -0.05) is 6.08 Å². The van der Waals surface area contributed by atoms with E-state index in [1.807, 2.05) is 31.2 Å². The van der Waals surface area contributed by atoms with E-state index in [0.29, 0.717) is 31.4 Å². The van der Waals surface area contributed by atoms with Crippen molar-refractivity contribution < 1.29 is 18.5 Å². The van der Waals surface area contributed by atoms with Crippen LogP contribution in [0.15, 0.2) is 11.6 Å². The first-order valence-corrected chi connectivity index (χ1v) is 7.81. The second-order valence-electron chi connectivity index (χ2n) is 5.79. The van der Waals surface area contributed by atoms with Crippen LogP contribution in [0.3, 0.4) is 0 Å². The summed E-state index contributed by atoms with van der Waals surface area (Å²) < 4.78 is 18.8. The van der Waals surface area contributed by atoms with Crippen LogP contribution in [-0.2, 0) is 25.3 Å². The summed E-state index contributed by atoms with van der Waals surface area (Å²) in [6, 6.07) is 0.0219. The van der Waals surface area contributed by atoms with E-state index in [9.17, 15) is 13.8 Å². The number of hydrogen-bond donors (Lipinski definition) is 0. The highest BCUT2D eigenvalue weighted by Gasteiger charge is 2.35. The van der Waals surface area contributed by atoms with Gasteiger partial charge in [0.25, 0.3) is 0 Å². The Hall–Kier alpha value is -1.01. The number of ether oxygens (including phenoxy) is 1. The first-order chi connectivity index (χ1) is 9.31. The summed E-state index contributed by atoms with van der Waals surface area (Å²) in [4.78, 5) is 22.2. The van der Waals surface area contributed by atoms with E-state index in [2.05, 4.69) is 0 Å². The molecule has 0 unspecified atom stereocenters. The first kappa shape index (κ1) is 17.0. The van der Waals surface area contributed by atoms with Crippen LogP contribution in [0, 0.1) is 0 Å². The second-order valence-corrected chi connectivity index (χ2v) is 7.98. The molecular weight excluding hydrogens is 278 g/mol. The number of carbonyl (C=O) groups is 2. The van der Waals surface area contributed by atoms with E-state index in [0.717, 1.165) is 6.29 Å². The highest BCUT2D eigenvalue weighted by Crippen LogP contribution is 2.27. The molecule has 0 saturated carbocycles. The third-order valence-corrected chi connectivity index (χ3v) is 5.07. The molecule has 0 amide bonds. The lowest BCUT2D eigenvalue weighted by Crippen LogP contribution is -2.47. The fourth-order valence-electron chi connectivity index (χ4n) is 2.10. The van der Waals surface area contributed by atoms with Crippen LogP contribution in [0.1, 0.15) is 40.0 Å². The lowest BCUT2D eigenvalue weighted by atomic mass is 10.0. The summed E-state index contributed by atoms with van der Waals surface area (Å²) in [5.41, 5.74) is 0.535. The van der Waals surface area contributed by atoms with Crippen molar-refractivity contribution in [2.45, 2.75) is 50.8 Å². The topological polar surface area (TPSA) is 63.7 Å². The number of carbonyl (C=O) groups excluding carboxylic acids is 2. The average Bonchev–Trinajstić information content (AvgIpc) is 2.42. The van der Waals surface area contributed by atoms with Crippen LogP contribution in [0.4, 0.5) is 0 Å². The van der Waals surface area contributed by atoms with Crippen LogP contribution in [0.25, 0.3) is 0 Å². The predicted molar refractivity (Wildman–Crippen MR) is 78.4 cm³/mol. The Balaban J connectivity index is 2.94. The molecule has 0 radical (unpaired) electrons. The largest absolute Gasteiger partial charge is 0.466 e. The molecule has 0 fully saturated rings. The van der Waals surface area contributed by atoms with E-state index in [1.54, 1.807) is 0 Å². The summed E-state index contributed by atoms with van der Waals surface area (Å²) in [5, 5.41) is 0. The standard InChI is InChI=1S/C14H23NO4S/c1-14(2,3)20(18)15-10-11(13(17)19-4)7-8-12(15)6-5-9-16/h7,9,12H,5-6,8,10H2,1-4H3/t12-,20-/m1/s1. The molecule has 6 heteroatoms. The maximum Gasteiger partial charge on any atom is 0.334 e. The van der Waals surface area contributed by atoms with Gasteiger partial charge in [0.2, 0.25) is 0 Å². The zero-order chi connectivity index (χ0) is 15.3. The molecule has 0 N–H and O–H groups in total. The summed E-state index contributed by atoms with van der Waals surface area (Å²) in [6.45, 7) is 6.00. The van der Waals surface area contributed by atoms with Crippen molar-refractivity contribution in [3.63, 3.8) is 0 Å². The van der Waals surface area contributed by atoms with Crippen LogP contribution in [0.5, 0.6) is 0 Å². The van der Waals surface area contributed by atoms with Crippen molar-refractivity contribution >= 4 is 23.2 Å². The highest BCUT2D eigenvalue weighted by atomic mass is 32.2. The summed E-state index contributed by atoms with van der Waals surface area (Å²) in [7, 11) is 0.112. The molecule has 114 valence electrons. The Labute approximate surface area is 122 Å². The lowest BCUT2D eigenvalue weighted by molar-refractivity contribution is -0.136. The molecule has 1 heterocycles. The van der Waals surface area contributed by atoms with Gasteiger partial charge in [-0.05, 0) is 33.6 Å². The molecule has 0 aliphatic carbocycles. The van der Waals surface area contributed by atoms with Crippen molar-refractivity contribution in [3.05, 3.63) is 11.6 Å². The maximum atomic E-state index is 12.6. The molecule has 20 heavy (non-hydrogen) atoms. The quantitative estimate of drug-likeness (QED) is 0.571. The summed E-state index contributed by atoms with van der Waals surface area (Å²) >= 11 is 0. The number of esters is 1. The molecular formula is C14H23NO4S. The third kappa shape index (κ3) is 4.24. The minimum Gasteiger partial charge on any atom is -0.466 e. The van der Waals surface area contributed by atoms with Gasteiger partial charge in [-0.3, -0.25) is 0 Å². The average molecular weight is 301 g/mol. The molecule has 0 aromatic heterocycles. The number of nitrogens with zero attached hydrogens (tertiary/aromatic N) is 1. The molecule has 1 aliphatic rings. The smallest absolute Gasteiger partial charge is 0.334 e. The Morgan fingerprint density at radius 1 is 1.55 bits per heavy atom. The Kier molecular flexibility index (Phi) is 6.07. The van der Waals surface area contributed by atoms with Gasteiger partial charge in [0.1, 0.15) is 17.3 Å². The minimum absolute atomic E-state index is 0.0219. The number of aldehydes is 1. The summed E-state index contributed by atoms with van der Waals surface area (Å²) in [5.74, 6) is -0.380. The van der Waals surface area contributed by atoms with Crippen molar-refractivity contribution in [1.82, 2.24) is 4.31 Å². The molecule has 1 rings (SSSR count). The molecule has 0 spiro atoms. The van der Waals surface area contributed by atoms with Crippen LogP contribution in [0.2, 0.25) is 0 Å². The van der Waals surface area contributed by atoms with E-state index in [4.69, 9.17) is 4.74 Å². The molecule has 5 nitrogen and oxygen atoms in total.